The quantitative estimate of drug-likeness (QED) is 0.741. The largest absolute Gasteiger partial charge is 0.380 e. The molecule has 3 N–H and O–H groups in total. The first-order valence-electron chi connectivity index (χ1n) is 7.15. The number of rotatable bonds is 5. The Hall–Kier alpha value is -2.45. The van der Waals surface area contributed by atoms with Gasteiger partial charge in [0.1, 0.15) is 0 Å². The number of nitrogens with one attached hydrogen (secondary N) is 1. The summed E-state index contributed by atoms with van der Waals surface area (Å²) in [7, 11) is -3.66. The van der Waals surface area contributed by atoms with Gasteiger partial charge in [0.2, 0.25) is 10.0 Å². The van der Waals surface area contributed by atoms with Gasteiger partial charge in [-0.25, -0.2) is 23.2 Å². The lowest BCUT2D eigenvalue weighted by Crippen LogP contribution is -2.12. The molecule has 0 atom stereocenters. The molecule has 120 valence electrons. The van der Waals surface area contributed by atoms with Crippen LogP contribution < -0.4 is 10.5 Å². The molecule has 3 rings (SSSR count). The van der Waals surface area contributed by atoms with Crippen molar-refractivity contribution in [2.75, 3.05) is 5.32 Å². The van der Waals surface area contributed by atoms with E-state index in [-0.39, 0.29) is 4.90 Å². The number of nitrogens with zero attached hydrogens (tertiary/aromatic N) is 3. The van der Waals surface area contributed by atoms with Crippen LogP contribution in [0.5, 0.6) is 0 Å². The Morgan fingerprint density at radius 3 is 2.61 bits per heavy atom. The fourth-order valence-electron chi connectivity index (χ4n) is 2.36. The smallest absolute Gasteiger partial charge is 0.238 e. The van der Waals surface area contributed by atoms with Gasteiger partial charge < -0.3 is 5.32 Å². The number of aryl methyl sites for hydroxylation is 1. The average Bonchev–Trinajstić information content (AvgIpc) is 2.96. The van der Waals surface area contributed by atoms with Gasteiger partial charge in [-0.1, -0.05) is 12.1 Å². The van der Waals surface area contributed by atoms with E-state index in [0.29, 0.717) is 6.54 Å². The number of pyridine rings is 1. The minimum atomic E-state index is -3.66. The molecule has 0 radical (unpaired) electrons. The number of hydrogen-bond acceptors (Lipinski definition) is 5. The third-order valence-corrected chi connectivity index (χ3v) is 4.50. The summed E-state index contributed by atoms with van der Waals surface area (Å²) in [6.45, 7) is 3.33. The predicted molar refractivity (Wildman–Crippen MR) is 88.3 cm³/mol. The highest BCUT2D eigenvalue weighted by molar-refractivity contribution is 7.89. The van der Waals surface area contributed by atoms with Gasteiger partial charge in [0.25, 0.3) is 0 Å². The average molecular weight is 331 g/mol. The maximum atomic E-state index is 11.2. The van der Waals surface area contributed by atoms with E-state index in [2.05, 4.69) is 15.4 Å². The lowest BCUT2D eigenvalue weighted by atomic mass is 10.2. The van der Waals surface area contributed by atoms with E-state index < -0.39 is 10.0 Å². The van der Waals surface area contributed by atoms with Gasteiger partial charge in [-0.2, -0.15) is 5.10 Å². The van der Waals surface area contributed by atoms with Crippen LogP contribution in [0.2, 0.25) is 0 Å². The van der Waals surface area contributed by atoms with Gasteiger partial charge in [-0.3, -0.25) is 0 Å². The van der Waals surface area contributed by atoms with E-state index in [0.717, 1.165) is 28.8 Å². The predicted octanol–water partition coefficient (Wildman–Crippen LogP) is 1.71. The molecule has 0 bridgehead atoms. The molecule has 3 aromatic rings. The zero-order chi connectivity index (χ0) is 16.4. The van der Waals surface area contributed by atoms with Crippen LogP contribution >= 0.6 is 0 Å². The molecule has 2 heterocycles. The zero-order valence-corrected chi connectivity index (χ0v) is 13.4. The monoisotopic (exact) mass is 331 g/mol. The fraction of sp³-hybridized carbons (Fsp3) is 0.200. The molecule has 1 aromatic carbocycles. The van der Waals surface area contributed by atoms with Crippen molar-refractivity contribution in [1.29, 1.82) is 0 Å². The second kappa shape index (κ2) is 5.98. The lowest BCUT2D eigenvalue weighted by molar-refractivity contribution is 0.598. The van der Waals surface area contributed by atoms with Gasteiger partial charge >= 0.3 is 0 Å². The molecule has 7 nitrogen and oxygen atoms in total. The van der Waals surface area contributed by atoms with Gasteiger partial charge in [0.15, 0.2) is 5.65 Å². The highest BCUT2D eigenvalue weighted by Crippen LogP contribution is 2.21. The number of primary sulfonamides is 1. The Balaban J connectivity index is 1.80. The number of benzene rings is 1. The molecule has 0 spiro atoms. The molecule has 0 unspecified atom stereocenters. The Labute approximate surface area is 134 Å². The summed E-state index contributed by atoms with van der Waals surface area (Å²) < 4.78 is 24.3. The molecule has 23 heavy (non-hydrogen) atoms. The number of sulfonamides is 1. The van der Waals surface area contributed by atoms with Crippen LogP contribution in [0.15, 0.2) is 47.6 Å². The van der Waals surface area contributed by atoms with Crippen molar-refractivity contribution in [1.82, 2.24) is 14.8 Å². The summed E-state index contributed by atoms with van der Waals surface area (Å²) in [5.74, 6) is 0. The van der Waals surface area contributed by atoms with Crippen molar-refractivity contribution >= 4 is 26.7 Å². The van der Waals surface area contributed by atoms with Gasteiger partial charge in [-0.05, 0) is 30.7 Å². The SMILES string of the molecule is CCn1ncc2c(NCc3ccc(S(N)(=O)=O)cc3)ccnc21. The fourth-order valence-corrected chi connectivity index (χ4v) is 2.87. The molecule has 0 aliphatic heterocycles. The van der Waals surface area contributed by atoms with Crippen molar-refractivity contribution in [2.45, 2.75) is 24.9 Å². The van der Waals surface area contributed by atoms with Crippen LogP contribution in [0.1, 0.15) is 12.5 Å². The third-order valence-electron chi connectivity index (χ3n) is 3.57. The van der Waals surface area contributed by atoms with Crippen LogP contribution in [0.4, 0.5) is 5.69 Å². The molecule has 8 heteroatoms. The second-order valence-electron chi connectivity index (χ2n) is 5.10. The molecular formula is C15H17N5O2S. The summed E-state index contributed by atoms with van der Waals surface area (Å²) in [6.07, 6.45) is 3.53. The number of fused-ring (bicyclic) bond motifs is 1. The minimum absolute atomic E-state index is 0.108. The molecule has 0 aliphatic rings. The molecule has 0 aliphatic carbocycles. The van der Waals surface area contributed by atoms with Crippen LogP contribution in [0.3, 0.4) is 0 Å². The summed E-state index contributed by atoms with van der Waals surface area (Å²) in [6, 6.07) is 8.37. The van der Waals surface area contributed by atoms with E-state index in [4.69, 9.17) is 5.14 Å². The Kier molecular flexibility index (Phi) is 4.01. The number of hydrogen-bond donors (Lipinski definition) is 2. The summed E-state index contributed by atoms with van der Waals surface area (Å²) in [4.78, 5) is 4.45. The number of nitrogens with two attached hydrogens (primary N) is 1. The van der Waals surface area contributed by atoms with E-state index >= 15 is 0 Å². The van der Waals surface area contributed by atoms with Gasteiger partial charge in [-0.15, -0.1) is 0 Å². The van der Waals surface area contributed by atoms with Crippen molar-refractivity contribution in [3.8, 4) is 0 Å². The first kappa shape index (κ1) is 15.4. The molecular weight excluding hydrogens is 314 g/mol. The summed E-state index contributed by atoms with van der Waals surface area (Å²) >= 11 is 0. The topological polar surface area (TPSA) is 103 Å². The third kappa shape index (κ3) is 3.17. The molecule has 0 amide bonds. The normalized spacial score (nSPS) is 11.7. The minimum Gasteiger partial charge on any atom is -0.380 e. The maximum absolute atomic E-state index is 11.2. The van der Waals surface area contributed by atoms with E-state index in [1.54, 1.807) is 24.5 Å². The molecule has 2 aromatic heterocycles. The Morgan fingerprint density at radius 2 is 1.96 bits per heavy atom. The Morgan fingerprint density at radius 1 is 1.22 bits per heavy atom. The highest BCUT2D eigenvalue weighted by Gasteiger charge is 2.08. The molecule has 0 saturated heterocycles. The first-order valence-corrected chi connectivity index (χ1v) is 8.70. The van der Waals surface area contributed by atoms with Crippen molar-refractivity contribution in [2.24, 2.45) is 5.14 Å². The van der Waals surface area contributed by atoms with E-state index in [9.17, 15) is 8.42 Å². The highest BCUT2D eigenvalue weighted by atomic mass is 32.2. The van der Waals surface area contributed by atoms with Crippen LogP contribution in [0, 0.1) is 0 Å². The first-order chi connectivity index (χ1) is 11.0. The lowest BCUT2D eigenvalue weighted by Gasteiger charge is -2.08. The van der Waals surface area contributed by atoms with Gasteiger partial charge in [0.05, 0.1) is 16.5 Å². The van der Waals surface area contributed by atoms with Crippen molar-refractivity contribution < 1.29 is 8.42 Å². The second-order valence-corrected chi connectivity index (χ2v) is 6.66. The summed E-state index contributed by atoms with van der Waals surface area (Å²) in [5, 5.41) is 13.7. The number of anilines is 1. The van der Waals surface area contributed by atoms with Crippen molar-refractivity contribution in [3.63, 3.8) is 0 Å². The van der Waals surface area contributed by atoms with E-state index in [1.165, 1.54) is 12.1 Å². The standard InChI is InChI=1S/C15H17N5O2S/c1-2-20-15-13(10-19-20)14(7-8-17-15)18-9-11-3-5-12(6-4-11)23(16,21)22/h3-8,10H,2,9H2,1H3,(H,17,18)(H2,16,21,22). The van der Waals surface area contributed by atoms with Crippen LogP contribution in [0.25, 0.3) is 11.0 Å². The summed E-state index contributed by atoms with van der Waals surface area (Å²) in [5.41, 5.74) is 2.72. The molecule has 0 saturated carbocycles. The maximum Gasteiger partial charge on any atom is 0.238 e. The van der Waals surface area contributed by atoms with Gasteiger partial charge in [0, 0.05) is 25.0 Å². The van der Waals surface area contributed by atoms with Crippen LogP contribution in [-0.4, -0.2) is 23.2 Å². The Bertz CT molecular complexity index is 932. The van der Waals surface area contributed by atoms with E-state index in [1.807, 2.05) is 17.7 Å². The zero-order valence-electron chi connectivity index (χ0n) is 12.6. The van der Waals surface area contributed by atoms with Crippen LogP contribution in [-0.2, 0) is 23.1 Å². The number of aromatic nitrogens is 3. The van der Waals surface area contributed by atoms with Crippen molar-refractivity contribution in [3.05, 3.63) is 48.3 Å². The molecule has 0 fully saturated rings.